The summed E-state index contributed by atoms with van der Waals surface area (Å²) >= 11 is 5.17. The minimum atomic E-state index is -0.399. The van der Waals surface area contributed by atoms with Crippen molar-refractivity contribution >= 4 is 23.1 Å². The lowest BCUT2D eigenvalue weighted by Crippen LogP contribution is -2.58. The second kappa shape index (κ2) is 4.23. The smallest absolute Gasteiger partial charge is 0.224 e. The molecule has 0 aromatic carbocycles. The molecule has 1 atom stereocenters. The van der Waals surface area contributed by atoms with E-state index in [1.165, 1.54) is 6.42 Å². The lowest BCUT2D eigenvalue weighted by Gasteiger charge is -2.37. The topological polar surface area (TPSA) is 55.1 Å². The van der Waals surface area contributed by atoms with E-state index in [0.29, 0.717) is 4.99 Å². The van der Waals surface area contributed by atoms with Crippen molar-refractivity contribution in [2.75, 3.05) is 0 Å². The number of nitrogens with two attached hydrogens (primary N) is 1. The number of carbonyl (C=O) groups is 1. The number of thiocarbonyl (C=S) groups is 1. The highest BCUT2D eigenvalue weighted by atomic mass is 32.1. The van der Waals surface area contributed by atoms with Gasteiger partial charge in [0.05, 0.1) is 10.5 Å². The lowest BCUT2D eigenvalue weighted by molar-refractivity contribution is -0.124. The molecule has 0 saturated heterocycles. The van der Waals surface area contributed by atoms with Crippen LogP contribution in [-0.2, 0) is 4.79 Å². The first kappa shape index (κ1) is 12.8. The average Bonchev–Trinajstić information content (AvgIpc) is 2.89. The van der Waals surface area contributed by atoms with Crippen LogP contribution < -0.4 is 11.1 Å². The summed E-state index contributed by atoms with van der Waals surface area (Å²) in [5.41, 5.74) is 5.62. The summed E-state index contributed by atoms with van der Waals surface area (Å²) in [6.07, 6.45) is 6.21. The van der Waals surface area contributed by atoms with Gasteiger partial charge < -0.3 is 11.1 Å². The van der Waals surface area contributed by atoms with Crippen LogP contribution in [-0.4, -0.2) is 16.4 Å². The predicted octanol–water partition coefficient (Wildman–Crippen LogP) is 2.14. The second-order valence-electron chi connectivity index (χ2n) is 6.24. The Kier molecular flexibility index (Phi) is 3.19. The Morgan fingerprint density at radius 1 is 1.29 bits per heavy atom. The Hall–Kier alpha value is -0.640. The Labute approximate surface area is 109 Å². The Bertz CT molecular complexity index is 345. The zero-order valence-electron chi connectivity index (χ0n) is 10.7. The number of nitrogens with one attached hydrogen (secondary N) is 1. The SMILES string of the molecule is CC1(C)CC1C(=O)NC1(C(N)=S)CCCCC1. The molecule has 0 bridgehead atoms. The number of carbonyl (C=O) groups excluding carboxylic acids is 1. The van der Waals surface area contributed by atoms with Crippen molar-refractivity contribution in [1.82, 2.24) is 5.32 Å². The zero-order valence-corrected chi connectivity index (χ0v) is 11.5. The Morgan fingerprint density at radius 2 is 1.82 bits per heavy atom. The highest BCUT2D eigenvalue weighted by Gasteiger charge is 2.52. The zero-order chi connectivity index (χ0) is 12.7. The molecular formula is C13H22N2OS. The van der Waals surface area contributed by atoms with Gasteiger partial charge in [0.15, 0.2) is 0 Å². The van der Waals surface area contributed by atoms with Gasteiger partial charge in [-0.05, 0) is 24.7 Å². The van der Waals surface area contributed by atoms with Crippen molar-refractivity contribution in [3.63, 3.8) is 0 Å². The fraction of sp³-hybridized carbons (Fsp3) is 0.846. The number of rotatable bonds is 3. The van der Waals surface area contributed by atoms with Crippen molar-refractivity contribution < 1.29 is 4.79 Å². The summed E-state index contributed by atoms with van der Waals surface area (Å²) in [5, 5.41) is 3.14. The summed E-state index contributed by atoms with van der Waals surface area (Å²) in [7, 11) is 0. The molecule has 96 valence electrons. The summed E-state index contributed by atoms with van der Waals surface area (Å²) in [6.45, 7) is 4.26. The van der Waals surface area contributed by atoms with Crippen molar-refractivity contribution in [2.45, 2.75) is 57.9 Å². The number of hydrogen-bond donors (Lipinski definition) is 2. The number of amides is 1. The molecular weight excluding hydrogens is 232 g/mol. The summed E-state index contributed by atoms with van der Waals surface area (Å²) in [5.74, 6) is 0.292. The van der Waals surface area contributed by atoms with Gasteiger partial charge in [-0.15, -0.1) is 0 Å². The van der Waals surface area contributed by atoms with E-state index in [-0.39, 0.29) is 17.2 Å². The van der Waals surface area contributed by atoms with Crippen LogP contribution in [0.5, 0.6) is 0 Å². The minimum Gasteiger partial charge on any atom is -0.391 e. The van der Waals surface area contributed by atoms with Crippen LogP contribution >= 0.6 is 12.2 Å². The number of hydrogen-bond acceptors (Lipinski definition) is 2. The summed E-state index contributed by atoms with van der Waals surface area (Å²) in [6, 6.07) is 0. The molecule has 0 aliphatic heterocycles. The first-order valence-corrected chi connectivity index (χ1v) is 6.90. The highest BCUT2D eigenvalue weighted by Crippen LogP contribution is 2.52. The molecule has 17 heavy (non-hydrogen) atoms. The van der Waals surface area contributed by atoms with Gasteiger partial charge in [-0.25, -0.2) is 0 Å². The molecule has 0 spiro atoms. The van der Waals surface area contributed by atoms with Crippen molar-refractivity contribution in [1.29, 1.82) is 0 Å². The maximum atomic E-state index is 12.2. The van der Waals surface area contributed by atoms with Crippen LogP contribution in [0.15, 0.2) is 0 Å². The standard InChI is InChI=1S/C13H22N2OS/c1-12(2)8-9(12)10(16)15-13(11(14)17)6-4-3-5-7-13/h9H,3-8H2,1-2H3,(H2,14,17)(H,15,16). The summed E-state index contributed by atoms with van der Waals surface area (Å²) < 4.78 is 0. The molecule has 4 heteroatoms. The fourth-order valence-corrected chi connectivity index (χ4v) is 3.08. The third-order valence-corrected chi connectivity index (χ3v) is 4.76. The van der Waals surface area contributed by atoms with Crippen molar-refractivity contribution in [3.8, 4) is 0 Å². The Balaban J connectivity index is 2.03. The average molecular weight is 254 g/mol. The van der Waals surface area contributed by atoms with E-state index < -0.39 is 5.54 Å². The molecule has 1 unspecified atom stereocenters. The fourth-order valence-electron chi connectivity index (χ4n) is 2.83. The minimum absolute atomic E-state index is 0.143. The first-order chi connectivity index (χ1) is 7.87. The van der Waals surface area contributed by atoms with Gasteiger partial charge in [0.25, 0.3) is 0 Å². The van der Waals surface area contributed by atoms with Crippen LogP contribution in [0, 0.1) is 11.3 Å². The molecule has 2 fully saturated rings. The van der Waals surface area contributed by atoms with Gasteiger partial charge in [-0.1, -0.05) is 45.3 Å². The molecule has 0 aromatic heterocycles. The molecule has 1 amide bonds. The van der Waals surface area contributed by atoms with Crippen LogP contribution in [0.1, 0.15) is 52.4 Å². The van der Waals surface area contributed by atoms with E-state index in [1.807, 2.05) is 0 Å². The van der Waals surface area contributed by atoms with Gasteiger partial charge in [-0.2, -0.15) is 0 Å². The first-order valence-electron chi connectivity index (χ1n) is 6.49. The largest absolute Gasteiger partial charge is 0.391 e. The van der Waals surface area contributed by atoms with Gasteiger partial charge in [0.2, 0.25) is 5.91 Å². The van der Waals surface area contributed by atoms with Crippen molar-refractivity contribution in [2.24, 2.45) is 17.1 Å². The maximum Gasteiger partial charge on any atom is 0.224 e. The Morgan fingerprint density at radius 3 is 2.24 bits per heavy atom. The molecule has 2 aliphatic carbocycles. The maximum absolute atomic E-state index is 12.2. The van der Waals surface area contributed by atoms with Gasteiger partial charge >= 0.3 is 0 Å². The van der Waals surface area contributed by atoms with Crippen LogP contribution in [0.3, 0.4) is 0 Å². The summed E-state index contributed by atoms with van der Waals surface area (Å²) in [4.78, 5) is 12.6. The van der Waals surface area contributed by atoms with E-state index in [2.05, 4.69) is 19.2 Å². The molecule has 0 aromatic rings. The monoisotopic (exact) mass is 254 g/mol. The molecule has 2 saturated carbocycles. The van der Waals surface area contributed by atoms with Crippen LogP contribution in [0.2, 0.25) is 0 Å². The van der Waals surface area contributed by atoms with Crippen LogP contribution in [0.25, 0.3) is 0 Å². The van der Waals surface area contributed by atoms with E-state index >= 15 is 0 Å². The molecule has 3 N–H and O–H groups in total. The lowest BCUT2D eigenvalue weighted by atomic mass is 9.81. The van der Waals surface area contributed by atoms with Crippen molar-refractivity contribution in [3.05, 3.63) is 0 Å². The molecule has 2 rings (SSSR count). The third kappa shape index (κ3) is 2.46. The van der Waals surface area contributed by atoms with E-state index in [4.69, 9.17) is 18.0 Å². The van der Waals surface area contributed by atoms with Gasteiger partial charge in [0, 0.05) is 5.92 Å². The normalized spacial score (nSPS) is 29.4. The predicted molar refractivity (Wildman–Crippen MR) is 72.6 cm³/mol. The quantitative estimate of drug-likeness (QED) is 0.759. The molecule has 0 radical (unpaired) electrons. The van der Waals surface area contributed by atoms with Crippen LogP contribution in [0.4, 0.5) is 0 Å². The van der Waals surface area contributed by atoms with Gasteiger partial charge in [0.1, 0.15) is 0 Å². The third-order valence-electron chi connectivity index (χ3n) is 4.37. The second-order valence-corrected chi connectivity index (χ2v) is 6.68. The molecule has 3 nitrogen and oxygen atoms in total. The van der Waals surface area contributed by atoms with Gasteiger partial charge in [-0.3, -0.25) is 4.79 Å². The van der Waals surface area contributed by atoms with E-state index in [1.54, 1.807) is 0 Å². The van der Waals surface area contributed by atoms with E-state index in [0.717, 1.165) is 32.1 Å². The molecule has 2 aliphatic rings. The molecule has 0 heterocycles. The van der Waals surface area contributed by atoms with E-state index in [9.17, 15) is 4.79 Å². The highest BCUT2D eigenvalue weighted by molar-refractivity contribution is 7.80.